The van der Waals surface area contributed by atoms with Crippen LogP contribution >= 0.6 is 11.6 Å². The van der Waals surface area contributed by atoms with Crippen LogP contribution < -0.4 is 10.9 Å². The number of nitrogens with zero attached hydrogens (tertiary/aromatic N) is 1. The Balaban J connectivity index is 2.20. The standard InChI is InChI=1S/C14H10ClF3N2O2/c15-9-5-6-13(22)20(7-9)8-12(21)19-11-4-2-1-3-10(11)14(16,17)18/h1-7H,8H2,(H,19,21). The van der Waals surface area contributed by atoms with E-state index in [0.29, 0.717) is 0 Å². The number of carbonyl (C=O) groups is 1. The average molecular weight is 331 g/mol. The van der Waals surface area contributed by atoms with Crippen molar-refractivity contribution < 1.29 is 18.0 Å². The molecule has 0 aliphatic rings. The maximum Gasteiger partial charge on any atom is 0.418 e. The zero-order chi connectivity index (χ0) is 16.3. The molecule has 0 saturated heterocycles. The smallest absolute Gasteiger partial charge is 0.324 e. The molecular weight excluding hydrogens is 321 g/mol. The van der Waals surface area contributed by atoms with Gasteiger partial charge in [-0.05, 0) is 18.2 Å². The van der Waals surface area contributed by atoms with Crippen molar-refractivity contribution in [3.05, 3.63) is 63.5 Å². The fourth-order valence-corrected chi connectivity index (χ4v) is 1.99. The maximum absolute atomic E-state index is 12.8. The van der Waals surface area contributed by atoms with Gasteiger partial charge in [0.2, 0.25) is 5.91 Å². The lowest BCUT2D eigenvalue weighted by Crippen LogP contribution is -2.27. The monoisotopic (exact) mass is 330 g/mol. The number of anilines is 1. The number of para-hydroxylation sites is 1. The van der Waals surface area contributed by atoms with Crippen molar-refractivity contribution in [2.45, 2.75) is 12.7 Å². The minimum Gasteiger partial charge on any atom is -0.324 e. The first-order valence-corrected chi connectivity index (χ1v) is 6.47. The molecular formula is C14H10ClF3N2O2. The number of carbonyl (C=O) groups excluding carboxylic acids is 1. The third kappa shape index (κ3) is 3.88. The van der Waals surface area contributed by atoms with Gasteiger partial charge in [0.05, 0.1) is 16.3 Å². The normalized spacial score (nSPS) is 11.3. The first-order valence-electron chi connectivity index (χ1n) is 6.09. The number of aromatic nitrogens is 1. The van der Waals surface area contributed by atoms with E-state index in [4.69, 9.17) is 11.6 Å². The quantitative estimate of drug-likeness (QED) is 0.940. The van der Waals surface area contributed by atoms with Gasteiger partial charge in [0.1, 0.15) is 6.54 Å². The third-order valence-corrected chi connectivity index (χ3v) is 2.99. The van der Waals surface area contributed by atoms with Crippen LogP contribution in [0.25, 0.3) is 0 Å². The summed E-state index contributed by atoms with van der Waals surface area (Å²) in [4.78, 5) is 23.4. The molecule has 0 atom stereocenters. The van der Waals surface area contributed by atoms with Gasteiger partial charge in [-0.15, -0.1) is 0 Å². The van der Waals surface area contributed by atoms with E-state index in [9.17, 15) is 22.8 Å². The minimum absolute atomic E-state index is 0.239. The molecule has 116 valence electrons. The van der Waals surface area contributed by atoms with Crippen molar-refractivity contribution >= 4 is 23.2 Å². The third-order valence-electron chi connectivity index (χ3n) is 2.77. The van der Waals surface area contributed by atoms with Crippen molar-refractivity contribution in [3.63, 3.8) is 0 Å². The van der Waals surface area contributed by atoms with E-state index in [2.05, 4.69) is 5.32 Å². The van der Waals surface area contributed by atoms with E-state index >= 15 is 0 Å². The second kappa shape index (κ2) is 6.23. The molecule has 22 heavy (non-hydrogen) atoms. The predicted molar refractivity (Wildman–Crippen MR) is 75.8 cm³/mol. The molecule has 4 nitrogen and oxygen atoms in total. The Morgan fingerprint density at radius 2 is 1.86 bits per heavy atom. The SMILES string of the molecule is O=C(Cn1cc(Cl)ccc1=O)Nc1ccccc1C(F)(F)F. The van der Waals surface area contributed by atoms with Crippen LogP contribution in [-0.4, -0.2) is 10.5 Å². The summed E-state index contributed by atoms with van der Waals surface area (Å²) >= 11 is 5.71. The molecule has 2 rings (SSSR count). The van der Waals surface area contributed by atoms with Gasteiger partial charge in [-0.3, -0.25) is 9.59 Å². The molecule has 0 radical (unpaired) electrons. The van der Waals surface area contributed by atoms with Crippen molar-refractivity contribution in [1.82, 2.24) is 4.57 Å². The second-order valence-corrected chi connectivity index (χ2v) is 4.84. The van der Waals surface area contributed by atoms with Crippen molar-refractivity contribution in [3.8, 4) is 0 Å². The van der Waals surface area contributed by atoms with Gasteiger partial charge in [-0.2, -0.15) is 13.2 Å². The minimum atomic E-state index is -4.59. The summed E-state index contributed by atoms with van der Waals surface area (Å²) in [6.45, 7) is -0.439. The molecule has 0 saturated carbocycles. The van der Waals surface area contributed by atoms with Crippen LogP contribution in [-0.2, 0) is 17.5 Å². The van der Waals surface area contributed by atoms with Gasteiger partial charge >= 0.3 is 6.18 Å². The number of benzene rings is 1. The Hall–Kier alpha value is -2.28. The fraction of sp³-hybridized carbons (Fsp3) is 0.143. The largest absolute Gasteiger partial charge is 0.418 e. The Morgan fingerprint density at radius 3 is 2.55 bits per heavy atom. The number of hydrogen-bond acceptors (Lipinski definition) is 2. The molecule has 0 aliphatic carbocycles. The molecule has 0 bridgehead atoms. The van der Waals surface area contributed by atoms with Crippen LogP contribution in [0.4, 0.5) is 18.9 Å². The highest BCUT2D eigenvalue weighted by Crippen LogP contribution is 2.34. The molecule has 0 spiro atoms. The fourth-order valence-electron chi connectivity index (χ4n) is 1.81. The van der Waals surface area contributed by atoms with Gasteiger partial charge in [-0.1, -0.05) is 23.7 Å². The van der Waals surface area contributed by atoms with Crippen molar-refractivity contribution in [1.29, 1.82) is 0 Å². The molecule has 1 aromatic carbocycles. The van der Waals surface area contributed by atoms with Crippen LogP contribution in [0.15, 0.2) is 47.4 Å². The Labute approximate surface area is 128 Å². The van der Waals surface area contributed by atoms with Gasteiger partial charge in [-0.25, -0.2) is 0 Å². The van der Waals surface area contributed by atoms with E-state index < -0.39 is 29.8 Å². The number of pyridine rings is 1. The predicted octanol–water partition coefficient (Wildman–Crippen LogP) is 3.16. The second-order valence-electron chi connectivity index (χ2n) is 4.40. The molecule has 1 amide bonds. The zero-order valence-corrected chi connectivity index (χ0v) is 11.8. The molecule has 1 N–H and O–H groups in total. The average Bonchev–Trinajstić information content (AvgIpc) is 2.42. The lowest BCUT2D eigenvalue weighted by Gasteiger charge is -2.14. The highest BCUT2D eigenvalue weighted by atomic mass is 35.5. The summed E-state index contributed by atoms with van der Waals surface area (Å²) < 4.78 is 39.5. The number of hydrogen-bond donors (Lipinski definition) is 1. The summed E-state index contributed by atoms with van der Waals surface area (Å²) in [6, 6.07) is 7.12. The van der Waals surface area contributed by atoms with Crippen LogP contribution in [0, 0.1) is 0 Å². The van der Waals surface area contributed by atoms with Gasteiger partial charge < -0.3 is 9.88 Å². The van der Waals surface area contributed by atoms with Crippen LogP contribution in [0.3, 0.4) is 0 Å². The van der Waals surface area contributed by atoms with Crippen LogP contribution in [0.5, 0.6) is 0 Å². The van der Waals surface area contributed by atoms with E-state index in [1.165, 1.54) is 30.5 Å². The number of halogens is 4. The summed E-state index contributed by atoms with van der Waals surface area (Å²) in [5.41, 5.74) is -1.81. The summed E-state index contributed by atoms with van der Waals surface area (Å²) in [7, 11) is 0. The van der Waals surface area contributed by atoms with Gasteiger partial charge in [0, 0.05) is 12.3 Å². The number of alkyl halides is 3. The lowest BCUT2D eigenvalue weighted by molar-refractivity contribution is -0.137. The van der Waals surface area contributed by atoms with E-state index in [-0.39, 0.29) is 10.7 Å². The topological polar surface area (TPSA) is 51.1 Å². The number of rotatable bonds is 3. The Kier molecular flexibility index (Phi) is 4.56. The van der Waals surface area contributed by atoms with Crippen LogP contribution in [0.1, 0.15) is 5.56 Å². The highest BCUT2D eigenvalue weighted by Gasteiger charge is 2.33. The maximum atomic E-state index is 12.8. The molecule has 0 fully saturated rings. The van der Waals surface area contributed by atoms with E-state index in [1.807, 2.05) is 0 Å². The Bertz CT molecular complexity index is 756. The molecule has 1 aromatic heterocycles. The summed E-state index contributed by atoms with van der Waals surface area (Å²) in [5, 5.41) is 2.39. The zero-order valence-electron chi connectivity index (χ0n) is 11.0. The summed E-state index contributed by atoms with van der Waals surface area (Å²) in [5.74, 6) is -0.763. The molecule has 1 heterocycles. The first kappa shape index (κ1) is 16.1. The summed E-state index contributed by atoms with van der Waals surface area (Å²) in [6.07, 6.45) is -3.35. The molecule has 0 unspecified atom stereocenters. The number of nitrogens with one attached hydrogen (secondary N) is 1. The molecule has 2 aromatic rings. The van der Waals surface area contributed by atoms with E-state index in [0.717, 1.165) is 16.7 Å². The van der Waals surface area contributed by atoms with Crippen molar-refractivity contribution in [2.24, 2.45) is 0 Å². The van der Waals surface area contributed by atoms with E-state index in [1.54, 1.807) is 0 Å². The molecule has 0 aliphatic heterocycles. The Morgan fingerprint density at radius 1 is 1.18 bits per heavy atom. The first-order chi connectivity index (χ1) is 10.3. The van der Waals surface area contributed by atoms with Crippen molar-refractivity contribution in [2.75, 3.05) is 5.32 Å². The van der Waals surface area contributed by atoms with Crippen LogP contribution in [0.2, 0.25) is 5.02 Å². The highest BCUT2D eigenvalue weighted by molar-refractivity contribution is 6.30. The lowest BCUT2D eigenvalue weighted by atomic mass is 10.1. The van der Waals surface area contributed by atoms with Gasteiger partial charge in [0.25, 0.3) is 5.56 Å². The molecule has 8 heteroatoms. The van der Waals surface area contributed by atoms with Gasteiger partial charge in [0.15, 0.2) is 0 Å². The number of amides is 1.